The Morgan fingerprint density at radius 3 is 2.53 bits per heavy atom. The lowest BCUT2D eigenvalue weighted by Crippen LogP contribution is -2.38. The number of aromatic hydroxyl groups is 1. The molecule has 10 heteroatoms. The lowest BCUT2D eigenvalue weighted by atomic mass is 10.0. The number of aromatic nitrogens is 2. The van der Waals surface area contributed by atoms with Crippen molar-refractivity contribution in [3.05, 3.63) is 66.6 Å². The third-order valence-electron chi connectivity index (χ3n) is 4.38. The van der Waals surface area contributed by atoms with Crippen LogP contribution < -0.4 is 11.2 Å². The Hall–Kier alpha value is -3.17. The number of rotatable bonds is 5. The van der Waals surface area contributed by atoms with Crippen LogP contribution in [-0.2, 0) is 18.8 Å². The van der Waals surface area contributed by atoms with E-state index in [1.54, 1.807) is 36.6 Å². The van der Waals surface area contributed by atoms with Crippen LogP contribution in [0.15, 0.2) is 44.2 Å². The molecule has 30 heavy (non-hydrogen) atoms. The Bertz CT molecular complexity index is 1260. The van der Waals surface area contributed by atoms with E-state index in [1.807, 2.05) is 0 Å². The van der Waals surface area contributed by atoms with E-state index in [4.69, 9.17) is 16.3 Å². The first kappa shape index (κ1) is 21.5. The zero-order valence-corrected chi connectivity index (χ0v) is 18.0. The highest BCUT2D eigenvalue weighted by molar-refractivity contribution is 7.14. The molecule has 0 aliphatic heterocycles. The van der Waals surface area contributed by atoms with Gasteiger partial charge in [-0.2, -0.15) is 0 Å². The van der Waals surface area contributed by atoms with Gasteiger partial charge >= 0.3 is 11.7 Å². The van der Waals surface area contributed by atoms with Crippen LogP contribution in [0, 0.1) is 0 Å². The molecule has 0 aliphatic rings. The van der Waals surface area contributed by atoms with Crippen LogP contribution in [0.2, 0.25) is 5.02 Å². The van der Waals surface area contributed by atoms with Crippen molar-refractivity contribution in [2.45, 2.75) is 6.92 Å². The number of carbonyl (C=O) groups is 1. The van der Waals surface area contributed by atoms with Crippen LogP contribution in [-0.4, -0.2) is 33.0 Å². The molecule has 0 saturated carbocycles. The second-order valence-electron chi connectivity index (χ2n) is 6.26. The average Bonchev–Trinajstić information content (AvgIpc) is 3.15. The largest absolute Gasteiger partial charge is 0.494 e. The minimum Gasteiger partial charge on any atom is -0.494 e. The van der Waals surface area contributed by atoms with Crippen LogP contribution in [0.1, 0.15) is 22.8 Å². The molecular weight excluding hydrogens is 430 g/mol. The molecule has 0 bridgehead atoms. The van der Waals surface area contributed by atoms with E-state index in [-0.39, 0.29) is 17.7 Å². The normalized spacial score (nSPS) is 11.2. The number of ether oxygens (including phenoxy) is 1. The molecular formula is C20H18ClN3O5S. The van der Waals surface area contributed by atoms with Gasteiger partial charge in [-0.25, -0.2) is 14.6 Å². The molecule has 156 valence electrons. The van der Waals surface area contributed by atoms with Gasteiger partial charge < -0.3 is 9.84 Å². The maximum Gasteiger partial charge on any atom is 0.341 e. The van der Waals surface area contributed by atoms with Gasteiger partial charge in [-0.15, -0.1) is 11.3 Å². The van der Waals surface area contributed by atoms with Crippen LogP contribution in [0.5, 0.6) is 5.88 Å². The van der Waals surface area contributed by atoms with E-state index in [1.165, 1.54) is 25.4 Å². The Balaban J connectivity index is 2.14. The Labute approximate surface area is 180 Å². The van der Waals surface area contributed by atoms with Crippen LogP contribution in [0.3, 0.4) is 0 Å². The molecule has 2 aromatic heterocycles. The monoisotopic (exact) mass is 447 g/mol. The highest BCUT2D eigenvalue weighted by Gasteiger charge is 2.22. The van der Waals surface area contributed by atoms with Crippen molar-refractivity contribution in [3.8, 4) is 17.0 Å². The summed E-state index contributed by atoms with van der Waals surface area (Å²) in [6, 6.07) is 6.96. The van der Waals surface area contributed by atoms with Gasteiger partial charge in [0.05, 0.1) is 6.61 Å². The molecule has 0 amide bonds. The number of carbonyl (C=O) groups excluding carboxylic acids is 1. The van der Waals surface area contributed by atoms with Gasteiger partial charge in [0.1, 0.15) is 16.1 Å². The molecule has 1 aromatic carbocycles. The number of hydrogen-bond acceptors (Lipinski definition) is 7. The topological polar surface area (TPSA) is 103 Å². The smallest absolute Gasteiger partial charge is 0.341 e. The fraction of sp³-hybridized carbons (Fsp3) is 0.200. The van der Waals surface area contributed by atoms with E-state index in [0.717, 1.165) is 20.9 Å². The van der Waals surface area contributed by atoms with Crippen molar-refractivity contribution in [3.63, 3.8) is 0 Å². The molecule has 0 unspecified atom stereocenters. The quantitative estimate of drug-likeness (QED) is 0.478. The second-order valence-corrected chi connectivity index (χ2v) is 7.55. The highest BCUT2D eigenvalue weighted by Crippen LogP contribution is 2.38. The number of thiophene rings is 1. The van der Waals surface area contributed by atoms with E-state index in [2.05, 4.69) is 4.99 Å². The summed E-state index contributed by atoms with van der Waals surface area (Å²) in [7, 11) is 2.64. The third kappa shape index (κ3) is 3.94. The van der Waals surface area contributed by atoms with Gasteiger partial charge in [0, 0.05) is 36.3 Å². The van der Waals surface area contributed by atoms with Crippen molar-refractivity contribution >= 4 is 40.1 Å². The van der Waals surface area contributed by atoms with Crippen LogP contribution in [0.4, 0.5) is 5.00 Å². The lowest BCUT2D eigenvalue weighted by Gasteiger charge is -2.07. The Morgan fingerprint density at radius 2 is 1.90 bits per heavy atom. The van der Waals surface area contributed by atoms with E-state index >= 15 is 0 Å². The van der Waals surface area contributed by atoms with E-state index < -0.39 is 23.1 Å². The number of benzene rings is 1. The Morgan fingerprint density at radius 1 is 1.23 bits per heavy atom. The lowest BCUT2D eigenvalue weighted by molar-refractivity contribution is 0.0529. The standard InChI is InChI=1S/C20H18ClN3O5S/c1-4-29-19(27)15-14(11-5-7-12(21)8-6-11)10-30-16(15)22-9-13-17(25)23(2)20(28)24(3)18(13)26/h5-10,25H,4H2,1-3H3/b22-9+. The first-order chi connectivity index (χ1) is 14.3. The Kier molecular flexibility index (Phi) is 6.23. The number of esters is 1. The summed E-state index contributed by atoms with van der Waals surface area (Å²) in [6.45, 7) is 1.88. The summed E-state index contributed by atoms with van der Waals surface area (Å²) < 4.78 is 6.97. The van der Waals surface area contributed by atoms with Gasteiger partial charge in [0.15, 0.2) is 0 Å². The molecule has 0 aliphatic carbocycles. The van der Waals surface area contributed by atoms with Crippen molar-refractivity contribution in [2.24, 2.45) is 19.1 Å². The fourth-order valence-corrected chi connectivity index (χ4v) is 3.81. The minimum atomic E-state index is -0.702. The summed E-state index contributed by atoms with van der Waals surface area (Å²) in [6.07, 6.45) is 1.14. The summed E-state index contributed by atoms with van der Waals surface area (Å²) in [5.74, 6) is -1.08. The summed E-state index contributed by atoms with van der Waals surface area (Å²) in [5.41, 5.74) is 0.0628. The summed E-state index contributed by atoms with van der Waals surface area (Å²) in [5, 5.41) is 12.8. The van der Waals surface area contributed by atoms with Gasteiger partial charge in [0.2, 0.25) is 5.88 Å². The van der Waals surface area contributed by atoms with Crippen molar-refractivity contribution in [1.82, 2.24) is 9.13 Å². The van der Waals surface area contributed by atoms with Gasteiger partial charge in [0.25, 0.3) is 5.56 Å². The maximum absolute atomic E-state index is 12.6. The van der Waals surface area contributed by atoms with Crippen LogP contribution in [0.25, 0.3) is 11.1 Å². The predicted octanol–water partition coefficient (Wildman–Crippen LogP) is 3.10. The van der Waals surface area contributed by atoms with Crippen molar-refractivity contribution < 1.29 is 14.6 Å². The molecule has 0 saturated heterocycles. The van der Waals surface area contributed by atoms with Gasteiger partial charge in [-0.1, -0.05) is 23.7 Å². The first-order valence-electron chi connectivity index (χ1n) is 8.83. The third-order valence-corrected chi connectivity index (χ3v) is 5.52. The van der Waals surface area contributed by atoms with E-state index in [0.29, 0.717) is 15.6 Å². The predicted molar refractivity (Wildman–Crippen MR) is 117 cm³/mol. The highest BCUT2D eigenvalue weighted by atomic mass is 35.5. The molecule has 0 atom stereocenters. The minimum absolute atomic E-state index is 0.171. The SMILES string of the molecule is CCOC(=O)c1c(-c2ccc(Cl)cc2)csc1/N=C/c1c(O)n(C)c(=O)n(C)c1=O. The molecule has 1 N–H and O–H groups in total. The molecule has 8 nitrogen and oxygen atoms in total. The molecule has 3 aromatic rings. The fourth-order valence-electron chi connectivity index (χ4n) is 2.78. The van der Waals surface area contributed by atoms with Crippen molar-refractivity contribution in [1.29, 1.82) is 0 Å². The molecule has 3 rings (SSSR count). The number of hydrogen-bond donors (Lipinski definition) is 1. The molecule has 0 spiro atoms. The summed E-state index contributed by atoms with van der Waals surface area (Å²) >= 11 is 7.13. The molecule has 0 fully saturated rings. The number of halogens is 1. The first-order valence-corrected chi connectivity index (χ1v) is 10.1. The zero-order valence-electron chi connectivity index (χ0n) is 16.4. The maximum atomic E-state index is 12.6. The van der Waals surface area contributed by atoms with Crippen molar-refractivity contribution in [2.75, 3.05) is 6.61 Å². The average molecular weight is 448 g/mol. The second kappa shape index (κ2) is 8.68. The number of aliphatic imine (C=N–C) groups is 1. The summed E-state index contributed by atoms with van der Waals surface area (Å²) in [4.78, 5) is 41.1. The number of nitrogens with zero attached hydrogens (tertiary/aromatic N) is 3. The zero-order chi connectivity index (χ0) is 22.0. The van der Waals surface area contributed by atoms with E-state index in [9.17, 15) is 19.5 Å². The molecule has 0 radical (unpaired) electrons. The van der Waals surface area contributed by atoms with Gasteiger partial charge in [-0.3, -0.25) is 13.9 Å². The molecule has 2 heterocycles. The van der Waals surface area contributed by atoms with Gasteiger partial charge in [-0.05, 0) is 24.6 Å². The van der Waals surface area contributed by atoms with Crippen LogP contribution >= 0.6 is 22.9 Å².